The molecule has 0 atom stereocenters. The zero-order valence-corrected chi connectivity index (χ0v) is 14.6. The number of nitrogens with two attached hydrogens (primary N) is 1. The van der Waals surface area contributed by atoms with Gasteiger partial charge in [0.15, 0.2) is 0 Å². The van der Waals surface area contributed by atoms with Gasteiger partial charge in [-0.1, -0.05) is 42.0 Å². The predicted octanol–water partition coefficient (Wildman–Crippen LogP) is 4.55. The van der Waals surface area contributed by atoms with E-state index in [1.807, 2.05) is 41.3 Å². The van der Waals surface area contributed by atoms with Crippen LogP contribution < -0.4 is 5.73 Å². The Hall–Kier alpha value is -3.40. The molecule has 2 N–H and O–H groups in total. The number of nitrogen functional groups attached to an aromatic ring is 1. The Balaban J connectivity index is 1.65. The summed E-state index contributed by atoms with van der Waals surface area (Å²) in [5.74, 6) is 0. The summed E-state index contributed by atoms with van der Waals surface area (Å²) in [5, 5.41) is 4.69. The van der Waals surface area contributed by atoms with E-state index < -0.39 is 0 Å². The van der Waals surface area contributed by atoms with Gasteiger partial charge in [0.05, 0.1) is 12.2 Å². The van der Waals surface area contributed by atoms with Crippen LogP contribution in [0.3, 0.4) is 0 Å². The predicted molar refractivity (Wildman–Crippen MR) is 106 cm³/mol. The molecular formula is C22H20N4. The molecule has 2 aromatic carbocycles. The number of hydrogen-bond donors (Lipinski definition) is 1. The largest absolute Gasteiger partial charge is 0.398 e. The van der Waals surface area contributed by atoms with Crippen molar-refractivity contribution in [2.24, 2.45) is 0 Å². The van der Waals surface area contributed by atoms with Crippen molar-refractivity contribution in [3.63, 3.8) is 0 Å². The summed E-state index contributed by atoms with van der Waals surface area (Å²) in [4.78, 5) is 4.15. The van der Waals surface area contributed by atoms with Crippen molar-refractivity contribution in [2.75, 3.05) is 5.73 Å². The molecule has 4 nitrogen and oxygen atoms in total. The third-order valence-corrected chi connectivity index (χ3v) is 4.42. The molecule has 0 amide bonds. The summed E-state index contributed by atoms with van der Waals surface area (Å²) in [7, 11) is 0. The van der Waals surface area contributed by atoms with E-state index >= 15 is 0 Å². The summed E-state index contributed by atoms with van der Waals surface area (Å²) in [6.45, 7) is 2.78. The Morgan fingerprint density at radius 1 is 0.962 bits per heavy atom. The van der Waals surface area contributed by atoms with Crippen LogP contribution in [0, 0.1) is 6.92 Å². The van der Waals surface area contributed by atoms with Crippen molar-refractivity contribution in [3.8, 4) is 22.4 Å². The van der Waals surface area contributed by atoms with E-state index in [1.165, 1.54) is 11.1 Å². The van der Waals surface area contributed by atoms with Crippen molar-refractivity contribution in [1.29, 1.82) is 0 Å². The molecule has 0 aliphatic rings. The summed E-state index contributed by atoms with van der Waals surface area (Å²) < 4.78 is 1.91. The van der Waals surface area contributed by atoms with Gasteiger partial charge in [0, 0.05) is 29.8 Å². The van der Waals surface area contributed by atoms with Gasteiger partial charge in [-0.25, -0.2) is 0 Å². The lowest BCUT2D eigenvalue weighted by molar-refractivity contribution is 0.687. The maximum Gasteiger partial charge on any atom is 0.0944 e. The minimum atomic E-state index is 0.686. The van der Waals surface area contributed by atoms with Gasteiger partial charge in [-0.3, -0.25) is 9.67 Å². The van der Waals surface area contributed by atoms with E-state index in [0.717, 1.165) is 28.1 Å². The molecule has 0 radical (unpaired) electrons. The number of nitrogens with zero attached hydrogens (tertiary/aromatic N) is 3. The lowest BCUT2D eigenvalue weighted by Gasteiger charge is -2.08. The average molecular weight is 340 g/mol. The summed E-state index contributed by atoms with van der Waals surface area (Å²) >= 11 is 0. The molecule has 2 heterocycles. The van der Waals surface area contributed by atoms with E-state index in [2.05, 4.69) is 48.3 Å². The first-order valence-corrected chi connectivity index (χ1v) is 8.58. The van der Waals surface area contributed by atoms with Gasteiger partial charge in [-0.2, -0.15) is 5.10 Å². The molecule has 26 heavy (non-hydrogen) atoms. The Labute approximate surface area is 152 Å². The first-order valence-electron chi connectivity index (χ1n) is 8.58. The SMILES string of the molecule is Cc1ccc(-c2ccc(N)c(-c3ccn(Cc4cccnc4)n3)c2)cc1. The molecule has 2 aromatic heterocycles. The zero-order chi connectivity index (χ0) is 17.9. The normalized spacial score (nSPS) is 10.8. The molecule has 4 rings (SSSR count). The highest BCUT2D eigenvalue weighted by Gasteiger charge is 2.09. The van der Waals surface area contributed by atoms with Crippen LogP contribution in [-0.2, 0) is 6.54 Å². The third kappa shape index (κ3) is 3.35. The average Bonchev–Trinajstić information content (AvgIpc) is 3.12. The zero-order valence-electron chi connectivity index (χ0n) is 14.6. The summed E-state index contributed by atoms with van der Waals surface area (Å²) in [6, 6.07) is 20.6. The second-order valence-corrected chi connectivity index (χ2v) is 6.43. The van der Waals surface area contributed by atoms with Crippen LogP contribution in [0.25, 0.3) is 22.4 Å². The van der Waals surface area contributed by atoms with Crippen LogP contribution in [0.5, 0.6) is 0 Å². The van der Waals surface area contributed by atoms with E-state index in [4.69, 9.17) is 10.8 Å². The highest BCUT2D eigenvalue weighted by Crippen LogP contribution is 2.30. The Morgan fingerprint density at radius 3 is 2.54 bits per heavy atom. The maximum absolute atomic E-state index is 6.23. The fraction of sp³-hybridized carbons (Fsp3) is 0.0909. The van der Waals surface area contributed by atoms with Gasteiger partial charge in [0.2, 0.25) is 0 Å². The van der Waals surface area contributed by atoms with Crippen LogP contribution in [0.4, 0.5) is 5.69 Å². The molecule has 0 fully saturated rings. The van der Waals surface area contributed by atoms with E-state index in [0.29, 0.717) is 6.54 Å². The van der Waals surface area contributed by atoms with Gasteiger partial charge in [-0.05, 0) is 47.9 Å². The Morgan fingerprint density at radius 2 is 1.77 bits per heavy atom. The van der Waals surface area contributed by atoms with Crippen molar-refractivity contribution >= 4 is 5.69 Å². The first kappa shape index (κ1) is 16.1. The smallest absolute Gasteiger partial charge is 0.0944 e. The quantitative estimate of drug-likeness (QED) is 0.554. The lowest BCUT2D eigenvalue weighted by atomic mass is 10.00. The third-order valence-electron chi connectivity index (χ3n) is 4.42. The lowest BCUT2D eigenvalue weighted by Crippen LogP contribution is -2.01. The number of rotatable bonds is 4. The number of pyridine rings is 1. The molecule has 4 aromatic rings. The van der Waals surface area contributed by atoms with Crippen molar-refractivity contribution in [1.82, 2.24) is 14.8 Å². The van der Waals surface area contributed by atoms with Gasteiger partial charge in [0.1, 0.15) is 0 Å². The van der Waals surface area contributed by atoms with Crippen LogP contribution >= 0.6 is 0 Å². The molecule has 0 saturated heterocycles. The monoisotopic (exact) mass is 340 g/mol. The van der Waals surface area contributed by atoms with Gasteiger partial charge in [-0.15, -0.1) is 0 Å². The molecular weight excluding hydrogens is 320 g/mol. The number of hydrogen-bond acceptors (Lipinski definition) is 3. The van der Waals surface area contributed by atoms with E-state index in [-0.39, 0.29) is 0 Å². The van der Waals surface area contributed by atoms with Crippen molar-refractivity contribution in [3.05, 3.63) is 90.4 Å². The topological polar surface area (TPSA) is 56.7 Å². The van der Waals surface area contributed by atoms with Crippen molar-refractivity contribution < 1.29 is 0 Å². The van der Waals surface area contributed by atoms with Crippen LogP contribution in [0.1, 0.15) is 11.1 Å². The minimum Gasteiger partial charge on any atom is -0.398 e. The van der Waals surface area contributed by atoms with Gasteiger partial charge < -0.3 is 5.73 Å². The standard InChI is InChI=1S/C22H20N4/c1-16-4-6-18(7-5-16)19-8-9-21(23)20(13-19)22-10-12-26(25-22)15-17-3-2-11-24-14-17/h2-14H,15,23H2,1H3. The highest BCUT2D eigenvalue weighted by molar-refractivity contribution is 5.80. The minimum absolute atomic E-state index is 0.686. The van der Waals surface area contributed by atoms with Crippen LogP contribution in [-0.4, -0.2) is 14.8 Å². The van der Waals surface area contributed by atoms with E-state index in [9.17, 15) is 0 Å². The second kappa shape index (κ2) is 6.84. The summed E-state index contributed by atoms with van der Waals surface area (Å²) in [6.07, 6.45) is 5.60. The number of aromatic nitrogens is 3. The fourth-order valence-electron chi connectivity index (χ4n) is 2.98. The molecule has 128 valence electrons. The maximum atomic E-state index is 6.23. The fourth-order valence-corrected chi connectivity index (χ4v) is 2.98. The number of anilines is 1. The molecule has 0 bridgehead atoms. The molecule has 0 aliphatic carbocycles. The highest BCUT2D eigenvalue weighted by atomic mass is 15.3. The second-order valence-electron chi connectivity index (χ2n) is 6.43. The van der Waals surface area contributed by atoms with E-state index in [1.54, 1.807) is 6.20 Å². The Kier molecular flexibility index (Phi) is 4.23. The molecule has 0 aliphatic heterocycles. The number of benzene rings is 2. The van der Waals surface area contributed by atoms with Gasteiger partial charge >= 0.3 is 0 Å². The van der Waals surface area contributed by atoms with Crippen LogP contribution in [0.15, 0.2) is 79.3 Å². The molecule has 0 spiro atoms. The molecule has 0 saturated carbocycles. The Bertz CT molecular complexity index is 1020. The number of aryl methyl sites for hydroxylation is 1. The summed E-state index contributed by atoms with van der Waals surface area (Å²) in [5.41, 5.74) is 13.5. The molecule has 4 heteroatoms. The van der Waals surface area contributed by atoms with Crippen LogP contribution in [0.2, 0.25) is 0 Å². The van der Waals surface area contributed by atoms with Gasteiger partial charge in [0.25, 0.3) is 0 Å². The molecule has 0 unspecified atom stereocenters. The van der Waals surface area contributed by atoms with Crippen molar-refractivity contribution in [2.45, 2.75) is 13.5 Å². The first-order chi connectivity index (χ1) is 12.7.